The van der Waals surface area contributed by atoms with Crippen LogP contribution in [0.3, 0.4) is 0 Å². The van der Waals surface area contributed by atoms with Gasteiger partial charge < -0.3 is 20.1 Å². The summed E-state index contributed by atoms with van der Waals surface area (Å²) in [6.07, 6.45) is -1.95. The van der Waals surface area contributed by atoms with Crippen LogP contribution in [-0.4, -0.2) is 39.6 Å². The smallest absolute Gasteiger partial charge is 0.370 e. The fourth-order valence-electron chi connectivity index (χ4n) is 0.962. The third-order valence-electron chi connectivity index (χ3n) is 1.68. The molecule has 0 saturated carbocycles. The Morgan fingerprint density at radius 3 is 2.58 bits per heavy atom. The molecule has 0 aliphatic carbocycles. The Labute approximate surface area is 68.9 Å². The van der Waals surface area contributed by atoms with Crippen LogP contribution in [0.5, 0.6) is 0 Å². The molecule has 0 radical (unpaired) electrons. The van der Waals surface area contributed by atoms with Gasteiger partial charge in [0.05, 0.1) is 0 Å². The van der Waals surface area contributed by atoms with E-state index in [9.17, 15) is 4.79 Å². The van der Waals surface area contributed by atoms with Crippen molar-refractivity contribution >= 4 is 5.97 Å². The first-order valence-corrected chi connectivity index (χ1v) is 3.50. The van der Waals surface area contributed by atoms with Crippen molar-refractivity contribution in [2.45, 2.75) is 25.2 Å². The van der Waals surface area contributed by atoms with Crippen molar-refractivity contribution < 1.29 is 24.9 Å². The second kappa shape index (κ2) is 3.12. The molecule has 3 unspecified atom stereocenters. The minimum absolute atomic E-state index is 0.319. The van der Waals surface area contributed by atoms with Gasteiger partial charge in [-0.2, -0.15) is 0 Å². The molecule has 0 aromatic carbocycles. The number of hydrogen-bond donors (Lipinski definition) is 3. The molecule has 1 aliphatic rings. The molecule has 5 nitrogen and oxygen atoms in total. The average molecular weight is 174 g/mol. The zero-order valence-corrected chi connectivity index (χ0v) is 6.47. The van der Waals surface area contributed by atoms with E-state index in [2.05, 4.69) is 0 Å². The maximum absolute atomic E-state index is 10.4. The van der Waals surface area contributed by atoms with E-state index >= 15 is 0 Å². The number of carbonyl (C=O) groups is 1. The fourth-order valence-corrected chi connectivity index (χ4v) is 0.962. The van der Waals surface area contributed by atoms with E-state index in [1.165, 1.54) is 6.92 Å². The summed E-state index contributed by atoms with van der Waals surface area (Å²) in [7, 11) is 0. The largest absolute Gasteiger partial charge is 0.481 e. The molecule has 3 atom stereocenters. The molecule has 1 aliphatic heterocycles. The molecule has 1 rings (SSSR count). The average Bonchev–Trinajstić information content (AvgIpc) is 1.99. The molecule has 0 spiro atoms. The van der Waals surface area contributed by atoms with Crippen LogP contribution in [0.25, 0.3) is 0 Å². The summed E-state index contributed by atoms with van der Waals surface area (Å²) in [6.45, 7) is 1.49. The number of aliphatic carboxylic acids is 1. The summed E-state index contributed by atoms with van der Waals surface area (Å²) < 4.78 is 4.78. The van der Waals surface area contributed by atoms with Crippen molar-refractivity contribution in [2.24, 2.45) is 0 Å². The normalized spacial score (nSPS) is 35.2. The highest BCUT2D eigenvalue weighted by atomic mass is 16.5. The van der Waals surface area contributed by atoms with Gasteiger partial charge in [0.25, 0.3) is 0 Å². The lowest BCUT2D eigenvalue weighted by Gasteiger charge is -2.27. The lowest BCUT2D eigenvalue weighted by atomic mass is 10.1. The Bertz CT molecular complexity index is 222. The van der Waals surface area contributed by atoms with E-state index in [0.29, 0.717) is 0 Å². The number of aliphatic hydroxyl groups excluding tert-OH is 2. The van der Waals surface area contributed by atoms with Gasteiger partial charge in [-0.25, -0.2) is 4.79 Å². The first kappa shape index (κ1) is 9.02. The topological polar surface area (TPSA) is 87.0 Å². The van der Waals surface area contributed by atoms with Gasteiger partial charge in [-0.15, -0.1) is 0 Å². The van der Waals surface area contributed by atoms with Gasteiger partial charge in [-0.1, -0.05) is 0 Å². The van der Waals surface area contributed by atoms with Crippen molar-refractivity contribution in [1.82, 2.24) is 0 Å². The molecule has 0 bridgehead atoms. The molecule has 0 aromatic heterocycles. The van der Waals surface area contributed by atoms with E-state index in [4.69, 9.17) is 20.1 Å². The van der Waals surface area contributed by atoms with E-state index in [0.717, 1.165) is 6.08 Å². The molecular formula is C7H10O5. The standard InChI is InChI=1S/C7H10O5/c1-3-6(9)4(8)2-5(12-3)7(10)11/h2-4,6,8-9H,1H3,(H,10,11). The van der Waals surface area contributed by atoms with Crippen molar-refractivity contribution in [2.75, 3.05) is 0 Å². The van der Waals surface area contributed by atoms with E-state index < -0.39 is 24.3 Å². The number of carboxylic acids is 1. The minimum Gasteiger partial charge on any atom is -0.481 e. The van der Waals surface area contributed by atoms with Gasteiger partial charge in [0, 0.05) is 0 Å². The third kappa shape index (κ3) is 1.57. The van der Waals surface area contributed by atoms with Crippen molar-refractivity contribution in [1.29, 1.82) is 0 Å². The van der Waals surface area contributed by atoms with Gasteiger partial charge in [-0.3, -0.25) is 0 Å². The Kier molecular flexibility index (Phi) is 2.35. The molecule has 3 N–H and O–H groups in total. The maximum atomic E-state index is 10.4. The highest BCUT2D eigenvalue weighted by Gasteiger charge is 2.31. The Balaban J connectivity index is 2.81. The number of hydrogen-bond acceptors (Lipinski definition) is 4. The van der Waals surface area contributed by atoms with E-state index in [-0.39, 0.29) is 5.76 Å². The zero-order chi connectivity index (χ0) is 9.30. The molecule has 68 valence electrons. The highest BCUT2D eigenvalue weighted by molar-refractivity contribution is 5.84. The van der Waals surface area contributed by atoms with Gasteiger partial charge in [0.15, 0.2) is 0 Å². The predicted octanol–water partition coefficient (Wildman–Crippen LogP) is -0.905. The third-order valence-corrected chi connectivity index (χ3v) is 1.68. The summed E-state index contributed by atoms with van der Waals surface area (Å²) in [5, 5.41) is 26.7. The quantitative estimate of drug-likeness (QED) is 0.479. The summed E-state index contributed by atoms with van der Waals surface area (Å²) in [4.78, 5) is 10.4. The predicted molar refractivity (Wildman–Crippen MR) is 38.3 cm³/mol. The second-order valence-corrected chi connectivity index (χ2v) is 2.64. The van der Waals surface area contributed by atoms with Gasteiger partial charge in [-0.05, 0) is 13.0 Å². The van der Waals surface area contributed by atoms with E-state index in [1.54, 1.807) is 0 Å². The summed E-state index contributed by atoms with van der Waals surface area (Å²) in [6, 6.07) is 0. The Hall–Kier alpha value is -1.07. The molecule has 1 heterocycles. The SMILES string of the molecule is CC1OC(C(=O)O)=CC(O)C1O. The Morgan fingerprint density at radius 1 is 1.58 bits per heavy atom. The van der Waals surface area contributed by atoms with Crippen LogP contribution in [0.15, 0.2) is 11.8 Å². The Morgan fingerprint density at radius 2 is 2.17 bits per heavy atom. The van der Waals surface area contributed by atoms with Crippen LogP contribution in [-0.2, 0) is 9.53 Å². The van der Waals surface area contributed by atoms with Gasteiger partial charge in [0.1, 0.15) is 18.3 Å². The second-order valence-electron chi connectivity index (χ2n) is 2.64. The maximum Gasteiger partial charge on any atom is 0.370 e. The van der Waals surface area contributed by atoms with Gasteiger partial charge in [0.2, 0.25) is 5.76 Å². The first-order chi connectivity index (χ1) is 5.52. The van der Waals surface area contributed by atoms with E-state index in [1.807, 2.05) is 0 Å². The molecular weight excluding hydrogens is 164 g/mol. The van der Waals surface area contributed by atoms with Crippen LogP contribution < -0.4 is 0 Å². The van der Waals surface area contributed by atoms with Crippen LogP contribution in [0.4, 0.5) is 0 Å². The number of rotatable bonds is 1. The number of ether oxygens (including phenoxy) is 1. The number of aliphatic hydroxyl groups is 2. The molecule has 0 amide bonds. The van der Waals surface area contributed by atoms with Gasteiger partial charge >= 0.3 is 5.97 Å². The lowest BCUT2D eigenvalue weighted by molar-refractivity contribution is -0.142. The monoisotopic (exact) mass is 174 g/mol. The summed E-state index contributed by atoms with van der Waals surface area (Å²) in [5.74, 6) is -1.56. The fraction of sp³-hybridized carbons (Fsp3) is 0.571. The number of carboxylic acid groups (broad SMARTS) is 1. The van der Waals surface area contributed by atoms with Crippen LogP contribution >= 0.6 is 0 Å². The molecule has 0 aromatic rings. The molecule has 0 saturated heterocycles. The summed E-state index contributed by atoms with van der Waals surface area (Å²) >= 11 is 0. The van der Waals surface area contributed by atoms with Crippen LogP contribution in [0.2, 0.25) is 0 Å². The zero-order valence-electron chi connectivity index (χ0n) is 6.47. The van der Waals surface area contributed by atoms with Crippen molar-refractivity contribution in [3.05, 3.63) is 11.8 Å². The lowest BCUT2D eigenvalue weighted by Crippen LogP contribution is -2.40. The molecule has 5 heteroatoms. The first-order valence-electron chi connectivity index (χ1n) is 3.50. The van der Waals surface area contributed by atoms with Crippen molar-refractivity contribution in [3.63, 3.8) is 0 Å². The van der Waals surface area contributed by atoms with Crippen LogP contribution in [0, 0.1) is 0 Å². The van der Waals surface area contributed by atoms with Crippen LogP contribution in [0.1, 0.15) is 6.92 Å². The molecule has 0 fully saturated rings. The van der Waals surface area contributed by atoms with Crippen molar-refractivity contribution in [3.8, 4) is 0 Å². The molecule has 12 heavy (non-hydrogen) atoms. The minimum atomic E-state index is -1.24. The summed E-state index contributed by atoms with van der Waals surface area (Å²) in [5.41, 5.74) is 0. The highest BCUT2D eigenvalue weighted by Crippen LogP contribution is 2.17.